The van der Waals surface area contributed by atoms with E-state index < -0.39 is 5.82 Å². The average Bonchev–Trinajstić information content (AvgIpc) is 2.90. The number of likely N-dealkylation sites (tertiary alicyclic amines) is 1. The number of rotatable bonds is 3. The Labute approximate surface area is 105 Å². The van der Waals surface area contributed by atoms with E-state index in [1.54, 1.807) is 11.0 Å². The molecular formula is C13H13FN2O2. The van der Waals surface area contributed by atoms with Crippen LogP contribution in [0.15, 0.2) is 18.2 Å². The molecule has 0 unspecified atom stereocenters. The highest BCUT2D eigenvalue weighted by Gasteiger charge is 2.18. The molecule has 1 aromatic rings. The van der Waals surface area contributed by atoms with E-state index >= 15 is 0 Å². The second-order valence-corrected chi connectivity index (χ2v) is 4.13. The summed E-state index contributed by atoms with van der Waals surface area (Å²) in [6, 6.07) is 5.67. The van der Waals surface area contributed by atoms with Crippen LogP contribution in [0.4, 0.5) is 4.39 Å². The lowest BCUT2D eigenvalue weighted by Crippen LogP contribution is -2.32. The van der Waals surface area contributed by atoms with Gasteiger partial charge in [-0.2, -0.15) is 5.26 Å². The Morgan fingerprint density at radius 2 is 2.17 bits per heavy atom. The normalized spacial score (nSPS) is 14.3. The molecule has 0 bridgehead atoms. The van der Waals surface area contributed by atoms with Gasteiger partial charge in [0.25, 0.3) is 5.91 Å². The van der Waals surface area contributed by atoms with E-state index in [1.807, 2.05) is 0 Å². The monoisotopic (exact) mass is 248 g/mol. The number of halogens is 1. The van der Waals surface area contributed by atoms with Gasteiger partial charge in [-0.25, -0.2) is 4.39 Å². The fourth-order valence-corrected chi connectivity index (χ4v) is 1.88. The third-order valence-corrected chi connectivity index (χ3v) is 2.88. The van der Waals surface area contributed by atoms with Crippen molar-refractivity contribution in [1.29, 1.82) is 5.26 Å². The number of hydrogen-bond donors (Lipinski definition) is 0. The van der Waals surface area contributed by atoms with Crippen molar-refractivity contribution in [3.8, 4) is 11.8 Å². The third kappa shape index (κ3) is 2.77. The average molecular weight is 248 g/mol. The van der Waals surface area contributed by atoms with Gasteiger partial charge in [0.15, 0.2) is 6.61 Å². The number of ether oxygens (including phenoxy) is 1. The number of carbonyl (C=O) groups excluding carboxylic acids is 1. The second-order valence-electron chi connectivity index (χ2n) is 4.13. The molecule has 1 aromatic carbocycles. The van der Waals surface area contributed by atoms with E-state index in [0.29, 0.717) is 0 Å². The van der Waals surface area contributed by atoms with Crippen LogP contribution >= 0.6 is 0 Å². The molecule has 1 heterocycles. The topological polar surface area (TPSA) is 53.3 Å². The number of amides is 1. The summed E-state index contributed by atoms with van der Waals surface area (Å²) in [5.41, 5.74) is -0.0341. The highest BCUT2D eigenvalue weighted by atomic mass is 19.1. The smallest absolute Gasteiger partial charge is 0.260 e. The van der Waals surface area contributed by atoms with Gasteiger partial charge in [0.2, 0.25) is 0 Å². The third-order valence-electron chi connectivity index (χ3n) is 2.88. The van der Waals surface area contributed by atoms with E-state index in [0.717, 1.165) is 32.0 Å². The molecule has 1 saturated heterocycles. The van der Waals surface area contributed by atoms with Gasteiger partial charge in [-0.05, 0) is 25.0 Å². The molecular weight excluding hydrogens is 235 g/mol. The van der Waals surface area contributed by atoms with Crippen LogP contribution in [0, 0.1) is 17.1 Å². The molecule has 4 nitrogen and oxygen atoms in total. The Bertz CT molecular complexity index is 490. The number of carbonyl (C=O) groups is 1. The Hall–Kier alpha value is -2.09. The molecule has 1 amide bonds. The predicted molar refractivity (Wildman–Crippen MR) is 62.4 cm³/mol. The molecule has 0 atom stereocenters. The molecule has 18 heavy (non-hydrogen) atoms. The van der Waals surface area contributed by atoms with Gasteiger partial charge in [-0.1, -0.05) is 0 Å². The zero-order valence-corrected chi connectivity index (χ0v) is 9.86. The molecule has 0 radical (unpaired) electrons. The summed E-state index contributed by atoms with van der Waals surface area (Å²) in [6.07, 6.45) is 2.05. The maximum Gasteiger partial charge on any atom is 0.260 e. The standard InChI is InChI=1S/C13H13FN2O2/c14-12-7-11(4-3-10(12)8-15)18-9-13(17)16-5-1-2-6-16/h3-4,7H,1-2,5-6,9H2. The number of nitriles is 1. The highest BCUT2D eigenvalue weighted by molar-refractivity contribution is 5.78. The van der Waals surface area contributed by atoms with Crippen LogP contribution in [0.1, 0.15) is 18.4 Å². The molecule has 0 aliphatic carbocycles. The van der Waals surface area contributed by atoms with Crippen molar-refractivity contribution in [3.63, 3.8) is 0 Å². The van der Waals surface area contributed by atoms with E-state index in [1.165, 1.54) is 12.1 Å². The van der Waals surface area contributed by atoms with Crippen molar-refractivity contribution in [2.75, 3.05) is 19.7 Å². The molecule has 0 aromatic heterocycles. The number of hydrogen-bond acceptors (Lipinski definition) is 3. The molecule has 1 aliphatic heterocycles. The summed E-state index contributed by atoms with van der Waals surface area (Å²) >= 11 is 0. The molecule has 2 rings (SSSR count). The van der Waals surface area contributed by atoms with Crippen molar-refractivity contribution in [2.45, 2.75) is 12.8 Å². The Balaban J connectivity index is 1.92. The minimum atomic E-state index is -0.636. The van der Waals surface area contributed by atoms with E-state index in [2.05, 4.69) is 0 Å². The second kappa shape index (κ2) is 5.50. The number of benzene rings is 1. The van der Waals surface area contributed by atoms with Crippen LogP contribution < -0.4 is 4.74 Å². The minimum Gasteiger partial charge on any atom is -0.484 e. The van der Waals surface area contributed by atoms with Crippen molar-refractivity contribution in [1.82, 2.24) is 4.90 Å². The SMILES string of the molecule is N#Cc1ccc(OCC(=O)N2CCCC2)cc1F. The van der Waals surface area contributed by atoms with Crippen LogP contribution in [-0.4, -0.2) is 30.5 Å². The van der Waals surface area contributed by atoms with Crippen LogP contribution in [0.25, 0.3) is 0 Å². The fourth-order valence-electron chi connectivity index (χ4n) is 1.88. The fraction of sp³-hybridized carbons (Fsp3) is 0.385. The molecule has 0 spiro atoms. The zero-order valence-electron chi connectivity index (χ0n) is 9.86. The summed E-state index contributed by atoms with van der Waals surface area (Å²) in [5.74, 6) is -0.458. The van der Waals surface area contributed by atoms with Crippen molar-refractivity contribution >= 4 is 5.91 Å². The summed E-state index contributed by atoms with van der Waals surface area (Å²) in [5, 5.41) is 8.58. The van der Waals surface area contributed by atoms with Gasteiger partial charge in [-0.15, -0.1) is 0 Å². The Kier molecular flexibility index (Phi) is 3.78. The van der Waals surface area contributed by atoms with Gasteiger partial charge in [0.05, 0.1) is 5.56 Å². The molecule has 1 aliphatic rings. The van der Waals surface area contributed by atoms with Crippen molar-refractivity contribution in [2.24, 2.45) is 0 Å². The largest absolute Gasteiger partial charge is 0.484 e. The molecule has 1 fully saturated rings. The molecule has 94 valence electrons. The summed E-state index contributed by atoms with van der Waals surface area (Å²) in [6.45, 7) is 1.44. The zero-order chi connectivity index (χ0) is 13.0. The lowest BCUT2D eigenvalue weighted by molar-refractivity contribution is -0.132. The Morgan fingerprint density at radius 3 is 2.78 bits per heavy atom. The van der Waals surface area contributed by atoms with Crippen molar-refractivity contribution < 1.29 is 13.9 Å². The van der Waals surface area contributed by atoms with Gasteiger partial charge >= 0.3 is 0 Å². The lowest BCUT2D eigenvalue weighted by Gasteiger charge is -2.15. The molecule has 0 saturated carbocycles. The maximum atomic E-state index is 13.3. The quantitative estimate of drug-likeness (QED) is 0.818. The van der Waals surface area contributed by atoms with Gasteiger partial charge < -0.3 is 9.64 Å². The predicted octanol–water partition coefficient (Wildman–Crippen LogP) is 1.70. The van der Waals surface area contributed by atoms with E-state index in [9.17, 15) is 9.18 Å². The minimum absolute atomic E-state index is 0.0341. The summed E-state index contributed by atoms with van der Waals surface area (Å²) < 4.78 is 18.5. The van der Waals surface area contributed by atoms with Crippen LogP contribution in [0.5, 0.6) is 5.75 Å². The molecule has 5 heteroatoms. The summed E-state index contributed by atoms with van der Waals surface area (Å²) in [7, 11) is 0. The molecule has 0 N–H and O–H groups in total. The van der Waals surface area contributed by atoms with Crippen molar-refractivity contribution in [3.05, 3.63) is 29.6 Å². The maximum absolute atomic E-state index is 13.3. The van der Waals surface area contributed by atoms with Gasteiger partial charge in [0, 0.05) is 19.2 Å². The van der Waals surface area contributed by atoms with Crippen LogP contribution in [0.3, 0.4) is 0 Å². The highest BCUT2D eigenvalue weighted by Crippen LogP contribution is 2.16. The number of nitrogens with zero attached hydrogens (tertiary/aromatic N) is 2. The lowest BCUT2D eigenvalue weighted by atomic mass is 10.2. The van der Waals surface area contributed by atoms with E-state index in [-0.39, 0.29) is 23.8 Å². The first kappa shape index (κ1) is 12.4. The summed E-state index contributed by atoms with van der Waals surface area (Å²) in [4.78, 5) is 13.4. The van der Waals surface area contributed by atoms with Gasteiger partial charge in [0.1, 0.15) is 17.6 Å². The van der Waals surface area contributed by atoms with Crippen LogP contribution in [-0.2, 0) is 4.79 Å². The van der Waals surface area contributed by atoms with Crippen LogP contribution in [0.2, 0.25) is 0 Å². The van der Waals surface area contributed by atoms with E-state index in [4.69, 9.17) is 10.00 Å². The Morgan fingerprint density at radius 1 is 1.44 bits per heavy atom. The first-order chi connectivity index (χ1) is 8.70. The first-order valence-electron chi connectivity index (χ1n) is 5.81. The van der Waals surface area contributed by atoms with Gasteiger partial charge in [-0.3, -0.25) is 4.79 Å². The first-order valence-corrected chi connectivity index (χ1v) is 5.81.